The highest BCUT2D eigenvalue weighted by Crippen LogP contribution is 2.32. The topological polar surface area (TPSA) is 97.1 Å². The van der Waals surface area contributed by atoms with Gasteiger partial charge in [0.1, 0.15) is 11.3 Å². The summed E-state index contributed by atoms with van der Waals surface area (Å²) in [5.74, 6) is -0.495. The average Bonchev–Trinajstić information content (AvgIpc) is 3.35. The lowest BCUT2D eigenvalue weighted by Crippen LogP contribution is -2.15. The number of carbonyl (C=O) groups is 2. The second kappa shape index (κ2) is 7.38. The highest BCUT2D eigenvalue weighted by molar-refractivity contribution is 7.21. The van der Waals surface area contributed by atoms with Gasteiger partial charge in [-0.15, -0.1) is 11.3 Å². The summed E-state index contributed by atoms with van der Waals surface area (Å²) in [7, 11) is 0. The maximum atomic E-state index is 12.4. The molecule has 30 heavy (non-hydrogen) atoms. The van der Waals surface area contributed by atoms with E-state index in [-0.39, 0.29) is 23.5 Å². The van der Waals surface area contributed by atoms with E-state index >= 15 is 0 Å². The lowest BCUT2D eigenvalue weighted by molar-refractivity contribution is -0.117. The third-order valence-corrected chi connectivity index (χ3v) is 5.92. The van der Waals surface area contributed by atoms with Gasteiger partial charge in [0, 0.05) is 17.2 Å². The van der Waals surface area contributed by atoms with Gasteiger partial charge in [-0.2, -0.15) is 4.98 Å². The van der Waals surface area contributed by atoms with Crippen LogP contribution in [0.3, 0.4) is 0 Å². The lowest BCUT2D eigenvalue weighted by atomic mass is 10.2. The molecule has 4 aromatic rings. The summed E-state index contributed by atoms with van der Waals surface area (Å²) in [5.41, 5.74) is 3.91. The Labute approximate surface area is 176 Å². The molecule has 0 aliphatic heterocycles. The van der Waals surface area contributed by atoms with E-state index in [1.807, 2.05) is 30.3 Å². The van der Waals surface area contributed by atoms with Crippen LogP contribution in [0.25, 0.3) is 20.8 Å². The van der Waals surface area contributed by atoms with Crippen molar-refractivity contribution in [3.63, 3.8) is 0 Å². The molecule has 150 valence electrons. The third kappa shape index (κ3) is 3.81. The molecule has 2 N–H and O–H groups in total. The van der Waals surface area contributed by atoms with Crippen LogP contribution in [-0.2, 0) is 4.79 Å². The van der Waals surface area contributed by atoms with Crippen LogP contribution in [0.5, 0.6) is 0 Å². The molecule has 5 rings (SSSR count). The fourth-order valence-corrected chi connectivity index (χ4v) is 4.10. The number of benzene rings is 2. The molecule has 0 radical (unpaired) electrons. The Kier molecular flexibility index (Phi) is 4.55. The second-order valence-electron chi connectivity index (χ2n) is 7.32. The number of hydrogen-bond acceptors (Lipinski definition) is 6. The van der Waals surface area contributed by atoms with Crippen LogP contribution in [0.1, 0.15) is 28.9 Å². The molecular weight excluding hydrogens is 400 g/mol. The highest BCUT2D eigenvalue weighted by Gasteiger charge is 2.30. The first-order valence-electron chi connectivity index (χ1n) is 9.60. The normalized spacial score (nSPS) is 13.4. The van der Waals surface area contributed by atoms with Crippen molar-refractivity contribution in [1.82, 2.24) is 9.97 Å². The van der Waals surface area contributed by atoms with Gasteiger partial charge in [0.05, 0.1) is 10.2 Å². The van der Waals surface area contributed by atoms with Crippen molar-refractivity contribution in [2.24, 2.45) is 5.92 Å². The molecule has 8 heteroatoms. The summed E-state index contributed by atoms with van der Waals surface area (Å²) in [5, 5.41) is 6.29. The van der Waals surface area contributed by atoms with Crippen molar-refractivity contribution in [3.8, 4) is 10.6 Å². The van der Waals surface area contributed by atoms with Gasteiger partial charge in [-0.1, -0.05) is 6.07 Å². The van der Waals surface area contributed by atoms with Crippen LogP contribution >= 0.6 is 11.3 Å². The summed E-state index contributed by atoms with van der Waals surface area (Å²) >= 11 is 1.64. The Balaban J connectivity index is 1.26. The molecule has 0 bridgehead atoms. The number of oxazole rings is 1. The Hall–Kier alpha value is -3.52. The summed E-state index contributed by atoms with van der Waals surface area (Å²) in [6.07, 6.45) is 2.99. The Morgan fingerprint density at radius 2 is 1.87 bits per heavy atom. The third-order valence-electron chi connectivity index (χ3n) is 4.85. The standard InChI is InChI=1S/C22H18N4O3S/c1-12-2-9-16-18(10-12)30-21(24-16)14-5-7-15(8-6-14)23-20(28)17-11-29-22(25-17)26-19(27)13-3-4-13/h2,5-11,13H,3-4H2,1H3,(H,23,28)(H,25,26,27). The predicted molar refractivity (Wildman–Crippen MR) is 116 cm³/mol. The van der Waals surface area contributed by atoms with Gasteiger partial charge in [0.2, 0.25) is 5.91 Å². The number of anilines is 2. The molecule has 2 aromatic heterocycles. The van der Waals surface area contributed by atoms with Crippen molar-refractivity contribution in [2.75, 3.05) is 10.6 Å². The van der Waals surface area contributed by atoms with Gasteiger partial charge in [-0.25, -0.2) is 4.98 Å². The molecule has 0 saturated heterocycles. The van der Waals surface area contributed by atoms with Crippen LogP contribution in [0.2, 0.25) is 0 Å². The van der Waals surface area contributed by atoms with E-state index in [1.165, 1.54) is 11.8 Å². The number of aromatic nitrogens is 2. The van der Waals surface area contributed by atoms with Crippen molar-refractivity contribution in [3.05, 3.63) is 60.0 Å². The van der Waals surface area contributed by atoms with E-state index in [1.54, 1.807) is 11.3 Å². The number of fused-ring (bicyclic) bond motifs is 1. The molecule has 1 fully saturated rings. The van der Waals surface area contributed by atoms with Crippen molar-refractivity contribution >= 4 is 45.1 Å². The van der Waals surface area contributed by atoms with E-state index in [9.17, 15) is 9.59 Å². The van der Waals surface area contributed by atoms with Crippen LogP contribution in [0, 0.1) is 12.8 Å². The second-order valence-corrected chi connectivity index (χ2v) is 8.35. The van der Waals surface area contributed by atoms with E-state index in [0.29, 0.717) is 5.69 Å². The van der Waals surface area contributed by atoms with Gasteiger partial charge in [-0.3, -0.25) is 14.9 Å². The first-order valence-corrected chi connectivity index (χ1v) is 10.4. The molecule has 1 saturated carbocycles. The first-order chi connectivity index (χ1) is 14.5. The summed E-state index contributed by atoms with van der Waals surface area (Å²) in [4.78, 5) is 32.9. The fraction of sp³-hybridized carbons (Fsp3) is 0.182. The summed E-state index contributed by atoms with van der Waals surface area (Å²) in [6, 6.07) is 13.7. The largest absolute Gasteiger partial charge is 0.431 e. The Morgan fingerprint density at radius 1 is 1.07 bits per heavy atom. The maximum absolute atomic E-state index is 12.4. The van der Waals surface area contributed by atoms with Gasteiger partial charge in [0.15, 0.2) is 5.69 Å². The zero-order valence-electron chi connectivity index (χ0n) is 16.1. The highest BCUT2D eigenvalue weighted by atomic mass is 32.1. The SMILES string of the molecule is Cc1ccc2nc(-c3ccc(NC(=O)c4coc(NC(=O)C5CC5)n4)cc3)sc2c1. The molecule has 0 unspecified atom stereocenters. The van der Waals surface area contributed by atoms with Crippen LogP contribution in [-0.4, -0.2) is 21.8 Å². The molecule has 2 heterocycles. The van der Waals surface area contributed by atoms with Crippen molar-refractivity contribution in [1.29, 1.82) is 0 Å². The average molecular weight is 418 g/mol. The number of nitrogens with zero attached hydrogens (tertiary/aromatic N) is 2. The molecule has 7 nitrogen and oxygen atoms in total. The molecule has 2 aromatic carbocycles. The Morgan fingerprint density at radius 3 is 2.63 bits per heavy atom. The fourth-order valence-electron chi connectivity index (χ4n) is 3.03. The first kappa shape index (κ1) is 18.5. The molecule has 2 amide bonds. The van der Waals surface area contributed by atoms with Crippen LogP contribution in [0.15, 0.2) is 53.1 Å². The number of carbonyl (C=O) groups excluding carboxylic acids is 2. The molecular formula is C22H18N4O3S. The number of rotatable bonds is 5. The van der Waals surface area contributed by atoms with Crippen molar-refractivity contribution < 1.29 is 14.0 Å². The smallest absolute Gasteiger partial charge is 0.302 e. The minimum Gasteiger partial charge on any atom is -0.431 e. The Bertz CT molecular complexity index is 1260. The molecule has 1 aliphatic rings. The van der Waals surface area contributed by atoms with Gasteiger partial charge < -0.3 is 9.73 Å². The number of thiazole rings is 1. The van der Waals surface area contributed by atoms with Gasteiger partial charge in [-0.05, 0) is 61.7 Å². The van der Waals surface area contributed by atoms with Crippen LogP contribution < -0.4 is 10.6 Å². The van der Waals surface area contributed by atoms with E-state index in [4.69, 9.17) is 4.42 Å². The van der Waals surface area contributed by atoms with E-state index in [2.05, 4.69) is 39.7 Å². The predicted octanol–water partition coefficient (Wildman–Crippen LogP) is 4.86. The molecule has 1 aliphatic carbocycles. The monoisotopic (exact) mass is 418 g/mol. The summed E-state index contributed by atoms with van der Waals surface area (Å²) < 4.78 is 6.33. The number of aryl methyl sites for hydroxylation is 1. The van der Waals surface area contributed by atoms with E-state index < -0.39 is 5.91 Å². The van der Waals surface area contributed by atoms with Gasteiger partial charge in [0.25, 0.3) is 5.91 Å². The molecule has 0 spiro atoms. The summed E-state index contributed by atoms with van der Waals surface area (Å²) in [6.45, 7) is 2.06. The minimum atomic E-state index is -0.408. The number of hydrogen-bond donors (Lipinski definition) is 2. The minimum absolute atomic E-state index is 0.0344. The van der Waals surface area contributed by atoms with Gasteiger partial charge >= 0.3 is 6.01 Å². The number of amides is 2. The van der Waals surface area contributed by atoms with Crippen LogP contribution in [0.4, 0.5) is 11.7 Å². The maximum Gasteiger partial charge on any atom is 0.302 e. The quantitative estimate of drug-likeness (QED) is 0.482. The zero-order valence-corrected chi connectivity index (χ0v) is 17.0. The zero-order chi connectivity index (χ0) is 20.7. The van der Waals surface area contributed by atoms with Crippen molar-refractivity contribution in [2.45, 2.75) is 19.8 Å². The number of nitrogens with one attached hydrogen (secondary N) is 2. The molecule has 0 atom stereocenters. The van der Waals surface area contributed by atoms with E-state index in [0.717, 1.165) is 33.6 Å². The lowest BCUT2D eigenvalue weighted by Gasteiger charge is -2.03.